The molecule has 102 valence electrons. The van der Waals surface area contributed by atoms with Crippen LogP contribution in [0.2, 0.25) is 0 Å². The van der Waals surface area contributed by atoms with Gasteiger partial charge in [-0.05, 0) is 32.0 Å². The molecule has 0 fully saturated rings. The maximum absolute atomic E-state index is 5.37. The van der Waals surface area contributed by atoms with Crippen molar-refractivity contribution in [1.29, 1.82) is 0 Å². The summed E-state index contributed by atoms with van der Waals surface area (Å²) in [5.74, 6) is 1.72. The van der Waals surface area contributed by atoms with E-state index in [1.54, 1.807) is 6.26 Å². The first-order valence-electron chi connectivity index (χ1n) is 6.29. The molecular formula is C13H18N4OS. The molecule has 2 rings (SSSR count). The Kier molecular flexibility index (Phi) is 4.42. The van der Waals surface area contributed by atoms with Gasteiger partial charge in [0.1, 0.15) is 22.9 Å². The summed E-state index contributed by atoms with van der Waals surface area (Å²) in [6, 6.07) is 0. The first-order valence-corrected chi connectivity index (χ1v) is 7.11. The van der Waals surface area contributed by atoms with Crippen LogP contribution in [0.25, 0.3) is 0 Å². The van der Waals surface area contributed by atoms with Gasteiger partial charge in [0.05, 0.1) is 5.69 Å². The van der Waals surface area contributed by atoms with E-state index in [2.05, 4.69) is 27.2 Å². The second-order valence-corrected chi connectivity index (χ2v) is 5.22. The number of rotatable bonds is 5. The highest BCUT2D eigenvalue weighted by Crippen LogP contribution is 2.30. The molecule has 2 aromatic rings. The summed E-state index contributed by atoms with van der Waals surface area (Å²) >= 11 is 1.44. The highest BCUT2D eigenvalue weighted by Gasteiger charge is 2.13. The molecule has 0 aliphatic heterocycles. The number of aryl methyl sites for hydroxylation is 2. The van der Waals surface area contributed by atoms with Crippen LogP contribution in [-0.2, 0) is 6.42 Å². The van der Waals surface area contributed by atoms with Gasteiger partial charge in [0, 0.05) is 19.0 Å². The first kappa shape index (κ1) is 13.9. The zero-order valence-electron chi connectivity index (χ0n) is 11.6. The Hall–Kier alpha value is -1.56. The molecule has 0 aliphatic carbocycles. The molecule has 0 aromatic carbocycles. The zero-order valence-corrected chi connectivity index (χ0v) is 12.5. The van der Waals surface area contributed by atoms with Crippen LogP contribution in [0.3, 0.4) is 0 Å². The maximum atomic E-state index is 5.37. The molecule has 0 saturated carbocycles. The molecule has 0 aliphatic rings. The molecule has 0 radical (unpaired) electrons. The molecule has 5 nitrogen and oxygen atoms in total. The summed E-state index contributed by atoms with van der Waals surface area (Å²) in [4.78, 5) is 13.4. The molecule has 0 amide bonds. The van der Waals surface area contributed by atoms with E-state index in [-0.39, 0.29) is 0 Å². The van der Waals surface area contributed by atoms with E-state index in [0.717, 1.165) is 40.8 Å². The van der Waals surface area contributed by atoms with Crippen molar-refractivity contribution in [1.82, 2.24) is 15.0 Å². The van der Waals surface area contributed by atoms with Crippen LogP contribution in [0.15, 0.2) is 20.9 Å². The molecule has 2 heterocycles. The molecule has 6 heteroatoms. The van der Waals surface area contributed by atoms with E-state index in [4.69, 9.17) is 4.42 Å². The van der Waals surface area contributed by atoms with Gasteiger partial charge < -0.3 is 9.73 Å². The molecule has 0 atom stereocenters. The summed E-state index contributed by atoms with van der Waals surface area (Å²) < 4.78 is 5.37. The van der Waals surface area contributed by atoms with E-state index >= 15 is 0 Å². The van der Waals surface area contributed by atoms with Gasteiger partial charge in [0.15, 0.2) is 0 Å². The Morgan fingerprint density at radius 2 is 2.05 bits per heavy atom. The zero-order chi connectivity index (χ0) is 13.8. The molecule has 2 aromatic heterocycles. The summed E-state index contributed by atoms with van der Waals surface area (Å²) in [6.07, 6.45) is 3.53. The lowest BCUT2D eigenvalue weighted by molar-refractivity contribution is 0.453. The Morgan fingerprint density at radius 3 is 2.63 bits per heavy atom. The molecule has 1 N–H and O–H groups in total. The van der Waals surface area contributed by atoms with Crippen molar-refractivity contribution in [2.45, 2.75) is 43.9 Å². The number of anilines is 1. The molecule has 0 saturated heterocycles. The highest BCUT2D eigenvalue weighted by molar-refractivity contribution is 7.99. The topological polar surface area (TPSA) is 63.8 Å². The van der Waals surface area contributed by atoms with Crippen LogP contribution in [0.5, 0.6) is 0 Å². The second kappa shape index (κ2) is 6.06. The Labute approximate surface area is 117 Å². The first-order chi connectivity index (χ1) is 9.13. The average Bonchev–Trinajstić information content (AvgIpc) is 2.79. The minimum absolute atomic E-state index is 0.615. The average molecular weight is 278 g/mol. The minimum atomic E-state index is 0.615. The van der Waals surface area contributed by atoms with E-state index in [1.807, 2.05) is 20.9 Å². The quantitative estimate of drug-likeness (QED) is 0.847. The number of oxazole rings is 1. The fourth-order valence-electron chi connectivity index (χ4n) is 1.68. The summed E-state index contributed by atoms with van der Waals surface area (Å²) in [5.41, 5.74) is 1.89. The Balaban J connectivity index is 2.34. The number of nitrogens with one attached hydrogen (secondary N) is 1. The molecule has 0 unspecified atom stereocenters. The Morgan fingerprint density at radius 1 is 1.26 bits per heavy atom. The van der Waals surface area contributed by atoms with Crippen molar-refractivity contribution in [3.05, 3.63) is 23.3 Å². The summed E-state index contributed by atoms with van der Waals surface area (Å²) in [6.45, 7) is 6.02. The van der Waals surface area contributed by atoms with Gasteiger partial charge in [-0.3, -0.25) is 0 Å². The number of hydrogen-bond acceptors (Lipinski definition) is 6. The lowest BCUT2D eigenvalue weighted by Gasteiger charge is -2.10. The Bertz CT molecular complexity index is 568. The standard InChI is InChI=1S/C13H18N4OS/c1-5-6-10-16-11(14-4)9(3)12(17-10)19-13-15-8(2)7-18-13/h7H,5-6H2,1-4H3,(H,14,16,17). The van der Waals surface area contributed by atoms with Crippen LogP contribution >= 0.6 is 11.8 Å². The van der Waals surface area contributed by atoms with Crippen LogP contribution in [0, 0.1) is 13.8 Å². The third-order valence-electron chi connectivity index (χ3n) is 2.64. The molecular weight excluding hydrogens is 260 g/mol. The van der Waals surface area contributed by atoms with E-state index in [1.165, 1.54) is 11.8 Å². The largest absolute Gasteiger partial charge is 0.439 e. The number of hydrogen-bond donors (Lipinski definition) is 1. The second-order valence-electron chi connectivity index (χ2n) is 4.28. The predicted octanol–water partition coefficient (Wildman–Crippen LogP) is 3.23. The number of nitrogens with zero attached hydrogens (tertiary/aromatic N) is 3. The molecule has 19 heavy (non-hydrogen) atoms. The monoisotopic (exact) mass is 278 g/mol. The van der Waals surface area contributed by atoms with Crippen molar-refractivity contribution in [2.24, 2.45) is 0 Å². The van der Waals surface area contributed by atoms with Crippen LogP contribution < -0.4 is 5.32 Å². The fraction of sp³-hybridized carbons (Fsp3) is 0.462. The van der Waals surface area contributed by atoms with Gasteiger partial charge in [-0.25, -0.2) is 15.0 Å². The van der Waals surface area contributed by atoms with Crippen LogP contribution in [-0.4, -0.2) is 22.0 Å². The van der Waals surface area contributed by atoms with Gasteiger partial charge in [-0.1, -0.05) is 6.92 Å². The lowest BCUT2D eigenvalue weighted by Crippen LogP contribution is -2.04. The SMILES string of the molecule is CCCc1nc(NC)c(C)c(Sc2nc(C)co2)n1. The van der Waals surface area contributed by atoms with Crippen molar-refractivity contribution in [3.8, 4) is 0 Å². The lowest BCUT2D eigenvalue weighted by atomic mass is 10.3. The van der Waals surface area contributed by atoms with Crippen LogP contribution in [0.4, 0.5) is 5.82 Å². The van der Waals surface area contributed by atoms with E-state index < -0.39 is 0 Å². The normalized spacial score (nSPS) is 10.7. The van der Waals surface area contributed by atoms with E-state index in [9.17, 15) is 0 Å². The number of aromatic nitrogens is 3. The highest BCUT2D eigenvalue weighted by atomic mass is 32.2. The van der Waals surface area contributed by atoms with E-state index in [0.29, 0.717) is 5.22 Å². The van der Waals surface area contributed by atoms with Crippen molar-refractivity contribution in [3.63, 3.8) is 0 Å². The summed E-state index contributed by atoms with van der Waals surface area (Å²) in [5, 5.41) is 4.62. The smallest absolute Gasteiger partial charge is 0.262 e. The van der Waals surface area contributed by atoms with Gasteiger partial charge in [0.2, 0.25) is 0 Å². The predicted molar refractivity (Wildman–Crippen MR) is 75.7 cm³/mol. The molecule has 0 spiro atoms. The summed E-state index contributed by atoms with van der Waals surface area (Å²) in [7, 11) is 1.87. The van der Waals surface area contributed by atoms with Crippen molar-refractivity contribution >= 4 is 17.6 Å². The van der Waals surface area contributed by atoms with Gasteiger partial charge >= 0.3 is 0 Å². The van der Waals surface area contributed by atoms with Gasteiger partial charge in [-0.2, -0.15) is 0 Å². The van der Waals surface area contributed by atoms with Gasteiger partial charge in [-0.15, -0.1) is 0 Å². The maximum Gasteiger partial charge on any atom is 0.262 e. The molecule has 0 bridgehead atoms. The van der Waals surface area contributed by atoms with Gasteiger partial charge in [0.25, 0.3) is 5.22 Å². The third kappa shape index (κ3) is 3.26. The van der Waals surface area contributed by atoms with Crippen molar-refractivity contribution < 1.29 is 4.42 Å². The van der Waals surface area contributed by atoms with Crippen molar-refractivity contribution in [2.75, 3.05) is 12.4 Å². The minimum Gasteiger partial charge on any atom is -0.439 e. The third-order valence-corrected chi connectivity index (χ3v) is 3.59. The fourth-order valence-corrected chi connectivity index (χ4v) is 2.53. The van der Waals surface area contributed by atoms with Crippen LogP contribution in [0.1, 0.15) is 30.4 Å².